The van der Waals surface area contributed by atoms with Gasteiger partial charge in [0.1, 0.15) is 10.7 Å². The second-order valence-electron chi connectivity index (χ2n) is 11.3. The fraction of sp³-hybridized carbons (Fsp3) is 0.282. The summed E-state index contributed by atoms with van der Waals surface area (Å²) in [6.45, 7) is 1.14. The van der Waals surface area contributed by atoms with E-state index in [9.17, 15) is 0 Å². The molecule has 0 unspecified atom stereocenters. The summed E-state index contributed by atoms with van der Waals surface area (Å²) >= 11 is 1.67. The van der Waals surface area contributed by atoms with Crippen LogP contribution in [0.1, 0.15) is 25.7 Å². The van der Waals surface area contributed by atoms with E-state index >= 15 is 0 Å². The highest BCUT2D eigenvalue weighted by Gasteiger charge is 2.18. The molecule has 0 saturated heterocycles. The third-order valence-corrected chi connectivity index (χ3v) is 9.26. The van der Waals surface area contributed by atoms with Gasteiger partial charge in [0.25, 0.3) is 0 Å². The van der Waals surface area contributed by atoms with Gasteiger partial charge in [-0.2, -0.15) is 0 Å². The van der Waals surface area contributed by atoms with E-state index in [4.69, 9.17) is 42.7 Å². The van der Waals surface area contributed by atoms with Gasteiger partial charge in [-0.3, -0.25) is 0 Å². The maximum atomic E-state index is 6.16. The highest BCUT2D eigenvalue weighted by Crippen LogP contribution is 2.42. The second-order valence-corrected chi connectivity index (χ2v) is 12.4. The van der Waals surface area contributed by atoms with Crippen LogP contribution in [0.15, 0.2) is 83.4 Å². The molecule has 11 heteroatoms. The molecule has 0 amide bonds. The zero-order valence-corrected chi connectivity index (χ0v) is 29.6. The standard InChI is InChI=1S/C39H40N2O8S/c1-42-30-16-14-25(32-24-29(41-49-32)27-22-35(44-3)38(46-5)36(23-27)45-4)20-33(30)47-18-10-6-7-11-19-48-34-21-26(15-17-31(34)43-2)39-40-28-12-8-9-13-37(28)50-39/h8-9,12-17,20-24H,6-7,10-11,18-19H2,1-5H3. The average molecular weight is 697 g/mol. The number of hydrogen-bond donors (Lipinski definition) is 0. The fourth-order valence-corrected chi connectivity index (χ4v) is 6.52. The van der Waals surface area contributed by atoms with Crippen molar-refractivity contribution in [2.24, 2.45) is 0 Å². The first-order valence-corrected chi connectivity index (χ1v) is 17.1. The van der Waals surface area contributed by atoms with Crippen LogP contribution in [0.5, 0.6) is 40.2 Å². The summed E-state index contributed by atoms with van der Waals surface area (Å²) in [5, 5.41) is 5.25. The molecule has 0 fully saturated rings. The van der Waals surface area contributed by atoms with Crippen LogP contribution >= 0.6 is 11.3 Å². The number of methoxy groups -OCH3 is 5. The molecule has 0 aliphatic carbocycles. The molecule has 4 aromatic carbocycles. The van der Waals surface area contributed by atoms with E-state index < -0.39 is 0 Å². The Hall–Kier alpha value is -5.42. The Labute approximate surface area is 295 Å². The maximum Gasteiger partial charge on any atom is 0.203 e. The summed E-state index contributed by atoms with van der Waals surface area (Å²) in [5.74, 6) is 4.88. The van der Waals surface area contributed by atoms with Gasteiger partial charge in [-0.05, 0) is 86.3 Å². The normalized spacial score (nSPS) is 11.0. The van der Waals surface area contributed by atoms with Gasteiger partial charge in [0.2, 0.25) is 5.75 Å². The van der Waals surface area contributed by atoms with E-state index in [2.05, 4.69) is 11.2 Å². The van der Waals surface area contributed by atoms with Crippen LogP contribution in [0.4, 0.5) is 0 Å². The summed E-state index contributed by atoms with van der Waals surface area (Å²) in [6, 6.07) is 25.3. The van der Waals surface area contributed by atoms with Crippen molar-refractivity contribution in [2.75, 3.05) is 48.8 Å². The highest BCUT2D eigenvalue weighted by atomic mass is 32.1. The molecule has 6 rings (SSSR count). The van der Waals surface area contributed by atoms with E-state index in [1.54, 1.807) is 46.9 Å². The molecule has 0 radical (unpaired) electrons. The van der Waals surface area contributed by atoms with Crippen molar-refractivity contribution in [1.82, 2.24) is 10.1 Å². The summed E-state index contributed by atoms with van der Waals surface area (Å²) in [5.41, 5.74) is 4.22. The Bertz CT molecular complexity index is 1980. The molecule has 0 bridgehead atoms. The number of ether oxygens (including phenoxy) is 7. The number of rotatable bonds is 17. The molecule has 0 spiro atoms. The van der Waals surface area contributed by atoms with Crippen molar-refractivity contribution in [3.63, 3.8) is 0 Å². The quantitative estimate of drug-likeness (QED) is 0.0857. The molecule has 2 aromatic heterocycles. The number of hydrogen-bond acceptors (Lipinski definition) is 11. The van der Waals surface area contributed by atoms with Crippen molar-refractivity contribution in [1.29, 1.82) is 0 Å². The minimum Gasteiger partial charge on any atom is -0.493 e. The van der Waals surface area contributed by atoms with Crippen LogP contribution in [0.2, 0.25) is 0 Å². The lowest BCUT2D eigenvalue weighted by atomic mass is 10.1. The molecule has 10 nitrogen and oxygen atoms in total. The zero-order valence-electron chi connectivity index (χ0n) is 28.8. The largest absolute Gasteiger partial charge is 0.493 e. The Kier molecular flexibility index (Phi) is 11.2. The van der Waals surface area contributed by atoms with Gasteiger partial charge in [-0.25, -0.2) is 4.98 Å². The molecule has 0 atom stereocenters. The van der Waals surface area contributed by atoms with Crippen LogP contribution in [0.25, 0.3) is 43.4 Å². The van der Waals surface area contributed by atoms with Gasteiger partial charge in [0.05, 0.1) is 59.0 Å². The number of nitrogens with zero attached hydrogens (tertiary/aromatic N) is 2. The van der Waals surface area contributed by atoms with Crippen molar-refractivity contribution in [2.45, 2.75) is 25.7 Å². The third-order valence-electron chi connectivity index (χ3n) is 8.18. The van der Waals surface area contributed by atoms with Crippen molar-refractivity contribution in [3.05, 3.63) is 78.9 Å². The van der Waals surface area contributed by atoms with Gasteiger partial charge in [0.15, 0.2) is 40.3 Å². The predicted octanol–water partition coefficient (Wildman–Crippen LogP) is 9.35. The highest BCUT2D eigenvalue weighted by molar-refractivity contribution is 7.21. The number of benzene rings is 4. The zero-order chi connectivity index (χ0) is 34.9. The Balaban J connectivity index is 1.00. The lowest BCUT2D eigenvalue weighted by Gasteiger charge is -2.13. The molecular formula is C39H40N2O8S. The first kappa shape index (κ1) is 34.4. The van der Waals surface area contributed by atoms with Gasteiger partial charge in [-0.1, -0.05) is 17.3 Å². The van der Waals surface area contributed by atoms with Crippen molar-refractivity contribution in [3.8, 4) is 73.4 Å². The van der Waals surface area contributed by atoms with E-state index in [1.165, 1.54) is 0 Å². The van der Waals surface area contributed by atoms with Crippen LogP contribution in [0, 0.1) is 0 Å². The molecular weight excluding hydrogens is 657 g/mol. The SMILES string of the molecule is COc1ccc(-c2cc(-c3cc(OC)c(OC)c(OC)c3)no2)cc1OCCCCCCOc1cc(-c2nc3ccccc3s2)ccc1OC. The maximum absolute atomic E-state index is 6.16. The fourth-order valence-electron chi connectivity index (χ4n) is 5.56. The molecule has 2 heterocycles. The number of aromatic nitrogens is 2. The second kappa shape index (κ2) is 16.3. The summed E-state index contributed by atoms with van der Waals surface area (Å²) in [7, 11) is 8.01. The summed E-state index contributed by atoms with van der Waals surface area (Å²) in [4.78, 5) is 4.78. The smallest absolute Gasteiger partial charge is 0.203 e. The first-order chi connectivity index (χ1) is 24.5. The van der Waals surface area contributed by atoms with Crippen molar-refractivity contribution < 1.29 is 37.7 Å². The monoisotopic (exact) mass is 696 g/mol. The number of para-hydroxylation sites is 1. The number of thiazole rings is 1. The Morgan fingerprint density at radius 2 is 1.14 bits per heavy atom. The van der Waals surface area contributed by atoms with Crippen LogP contribution < -0.4 is 33.2 Å². The predicted molar refractivity (Wildman–Crippen MR) is 195 cm³/mol. The van der Waals surface area contributed by atoms with Crippen LogP contribution in [-0.2, 0) is 0 Å². The minimum absolute atomic E-state index is 0.510. The van der Waals surface area contributed by atoms with Gasteiger partial charge < -0.3 is 37.7 Å². The van der Waals surface area contributed by atoms with Gasteiger partial charge in [0, 0.05) is 22.8 Å². The van der Waals surface area contributed by atoms with Crippen LogP contribution in [-0.4, -0.2) is 58.9 Å². The van der Waals surface area contributed by atoms with E-state index in [1.807, 2.05) is 72.8 Å². The molecule has 0 aliphatic heterocycles. The van der Waals surface area contributed by atoms with Gasteiger partial charge in [-0.15, -0.1) is 11.3 Å². The lowest BCUT2D eigenvalue weighted by Crippen LogP contribution is -2.02. The third kappa shape index (κ3) is 7.73. The van der Waals surface area contributed by atoms with E-state index in [-0.39, 0.29) is 0 Å². The van der Waals surface area contributed by atoms with Gasteiger partial charge >= 0.3 is 0 Å². The molecule has 260 valence electrons. The Morgan fingerprint density at radius 1 is 0.560 bits per heavy atom. The minimum atomic E-state index is 0.510. The Morgan fingerprint density at radius 3 is 1.74 bits per heavy atom. The summed E-state index contributed by atoms with van der Waals surface area (Å²) < 4.78 is 46.8. The lowest BCUT2D eigenvalue weighted by molar-refractivity contribution is 0.271. The molecule has 0 aliphatic rings. The summed E-state index contributed by atoms with van der Waals surface area (Å²) in [6.07, 6.45) is 3.79. The average Bonchev–Trinajstić information content (AvgIpc) is 3.83. The number of unbranched alkanes of at least 4 members (excludes halogenated alkanes) is 3. The topological polar surface area (TPSA) is 104 Å². The molecule has 6 aromatic rings. The molecule has 0 saturated carbocycles. The molecule has 0 N–H and O–H groups in total. The first-order valence-electron chi connectivity index (χ1n) is 16.3. The number of fused-ring (bicyclic) bond motifs is 1. The van der Waals surface area contributed by atoms with Crippen LogP contribution in [0.3, 0.4) is 0 Å². The molecule has 50 heavy (non-hydrogen) atoms. The van der Waals surface area contributed by atoms with E-state index in [0.717, 1.165) is 63.3 Å². The van der Waals surface area contributed by atoms with Crippen molar-refractivity contribution >= 4 is 21.6 Å². The van der Waals surface area contributed by atoms with E-state index in [0.29, 0.717) is 59.2 Å².